The molecule has 13 heavy (non-hydrogen) atoms. The lowest BCUT2D eigenvalue weighted by Crippen LogP contribution is -2.01. The fourth-order valence-electron chi connectivity index (χ4n) is 0.827. The van der Waals surface area contributed by atoms with Gasteiger partial charge in [0.25, 0.3) is 0 Å². The molecule has 1 aromatic rings. The molecular weight excluding hydrogens is 182 g/mol. The Kier molecular flexibility index (Phi) is 3.37. The Morgan fingerprint density at radius 2 is 2.31 bits per heavy atom. The third-order valence-corrected chi connectivity index (χ3v) is 2.53. The molecule has 1 aromatic heterocycles. The number of allylic oxidation sites excluding steroid dienone is 1. The molecule has 0 atom stereocenters. The van der Waals surface area contributed by atoms with Crippen molar-refractivity contribution >= 4 is 23.2 Å². The lowest BCUT2D eigenvalue weighted by molar-refractivity contribution is -0.117. The quantitative estimate of drug-likeness (QED) is 0.694. The van der Waals surface area contributed by atoms with Crippen molar-refractivity contribution in [3.8, 4) is 0 Å². The third-order valence-electron chi connectivity index (χ3n) is 1.76. The van der Waals surface area contributed by atoms with E-state index in [4.69, 9.17) is 0 Å². The standard InChI is InChI=1S/C10H13NOS/c1-7(2)10(12)5-4-9-8(3)13-6-11-9/h4-7H,1-3H3/b5-4+. The fraction of sp³-hybridized carbons (Fsp3) is 0.400. The molecule has 1 rings (SSSR count). The first-order chi connectivity index (χ1) is 6.11. The van der Waals surface area contributed by atoms with E-state index >= 15 is 0 Å². The summed E-state index contributed by atoms with van der Waals surface area (Å²) in [5.74, 6) is 0.211. The van der Waals surface area contributed by atoms with Crippen LogP contribution in [0.4, 0.5) is 0 Å². The number of rotatable bonds is 3. The number of ketones is 1. The molecule has 0 aromatic carbocycles. The van der Waals surface area contributed by atoms with E-state index in [9.17, 15) is 4.79 Å². The number of aromatic nitrogens is 1. The van der Waals surface area contributed by atoms with Crippen LogP contribution in [0.25, 0.3) is 6.08 Å². The Morgan fingerprint density at radius 3 is 2.77 bits per heavy atom. The Bertz CT molecular complexity index is 325. The summed E-state index contributed by atoms with van der Waals surface area (Å²) in [6.07, 6.45) is 3.39. The van der Waals surface area contributed by atoms with Gasteiger partial charge in [0.2, 0.25) is 0 Å². The molecule has 0 saturated carbocycles. The van der Waals surface area contributed by atoms with Gasteiger partial charge in [0.15, 0.2) is 5.78 Å². The molecule has 0 unspecified atom stereocenters. The van der Waals surface area contributed by atoms with Gasteiger partial charge in [-0.1, -0.05) is 13.8 Å². The highest BCUT2D eigenvalue weighted by atomic mass is 32.1. The van der Waals surface area contributed by atoms with Gasteiger partial charge in [-0.25, -0.2) is 4.98 Å². The van der Waals surface area contributed by atoms with Gasteiger partial charge in [-0.15, -0.1) is 11.3 Å². The maximum atomic E-state index is 11.2. The largest absolute Gasteiger partial charge is 0.295 e. The highest BCUT2D eigenvalue weighted by Crippen LogP contribution is 2.12. The summed E-state index contributed by atoms with van der Waals surface area (Å²) in [5, 5.41) is 0. The minimum atomic E-state index is 0.0650. The number of hydrogen-bond acceptors (Lipinski definition) is 3. The summed E-state index contributed by atoms with van der Waals surface area (Å²) in [5.41, 5.74) is 2.69. The predicted molar refractivity (Wildman–Crippen MR) is 55.7 cm³/mol. The van der Waals surface area contributed by atoms with Crippen LogP contribution in [0.3, 0.4) is 0 Å². The van der Waals surface area contributed by atoms with Crippen LogP contribution in [0.15, 0.2) is 11.6 Å². The lowest BCUT2D eigenvalue weighted by atomic mass is 10.1. The minimum absolute atomic E-state index is 0.0650. The summed E-state index contributed by atoms with van der Waals surface area (Å²) >= 11 is 1.59. The molecule has 0 spiro atoms. The summed E-state index contributed by atoms with van der Waals surface area (Å²) in [6.45, 7) is 5.78. The molecule has 0 aliphatic rings. The first kappa shape index (κ1) is 10.1. The normalized spacial score (nSPS) is 11.4. The van der Waals surface area contributed by atoms with E-state index in [0.29, 0.717) is 0 Å². The topological polar surface area (TPSA) is 30.0 Å². The number of nitrogens with zero attached hydrogens (tertiary/aromatic N) is 1. The monoisotopic (exact) mass is 195 g/mol. The Hall–Kier alpha value is -0.960. The molecule has 3 heteroatoms. The van der Waals surface area contributed by atoms with Crippen molar-refractivity contribution in [3.63, 3.8) is 0 Å². The molecule has 0 N–H and O–H groups in total. The maximum Gasteiger partial charge on any atom is 0.158 e. The van der Waals surface area contributed by atoms with Gasteiger partial charge in [0, 0.05) is 10.8 Å². The first-order valence-corrected chi connectivity index (χ1v) is 5.11. The van der Waals surface area contributed by atoms with E-state index in [-0.39, 0.29) is 11.7 Å². The Labute approximate surface area is 82.3 Å². The van der Waals surface area contributed by atoms with Crippen LogP contribution in [0.2, 0.25) is 0 Å². The molecule has 0 saturated heterocycles. The zero-order chi connectivity index (χ0) is 9.84. The van der Waals surface area contributed by atoms with Crippen LogP contribution in [0, 0.1) is 12.8 Å². The van der Waals surface area contributed by atoms with Crippen molar-refractivity contribution in [2.24, 2.45) is 5.92 Å². The highest BCUT2D eigenvalue weighted by Gasteiger charge is 2.02. The van der Waals surface area contributed by atoms with Gasteiger partial charge in [0.1, 0.15) is 0 Å². The minimum Gasteiger partial charge on any atom is -0.295 e. The van der Waals surface area contributed by atoms with Gasteiger partial charge < -0.3 is 0 Å². The molecule has 0 radical (unpaired) electrons. The van der Waals surface area contributed by atoms with Crippen molar-refractivity contribution < 1.29 is 4.79 Å². The molecule has 0 aliphatic heterocycles. The van der Waals surface area contributed by atoms with Crippen LogP contribution in [0.1, 0.15) is 24.4 Å². The van der Waals surface area contributed by atoms with E-state index in [2.05, 4.69) is 4.98 Å². The summed E-state index contributed by atoms with van der Waals surface area (Å²) < 4.78 is 0. The number of hydrogen-bond donors (Lipinski definition) is 0. The van der Waals surface area contributed by atoms with Crippen molar-refractivity contribution in [2.45, 2.75) is 20.8 Å². The lowest BCUT2D eigenvalue weighted by Gasteiger charge is -1.95. The van der Waals surface area contributed by atoms with E-state index in [1.54, 1.807) is 29.0 Å². The summed E-state index contributed by atoms with van der Waals surface area (Å²) in [7, 11) is 0. The molecule has 2 nitrogen and oxygen atoms in total. The second kappa shape index (κ2) is 4.33. The van der Waals surface area contributed by atoms with Gasteiger partial charge in [-0.3, -0.25) is 4.79 Å². The highest BCUT2D eigenvalue weighted by molar-refractivity contribution is 7.09. The second-order valence-corrected chi connectivity index (χ2v) is 4.24. The van der Waals surface area contributed by atoms with E-state index in [1.807, 2.05) is 20.8 Å². The zero-order valence-corrected chi connectivity index (χ0v) is 8.89. The average molecular weight is 195 g/mol. The number of aryl methyl sites for hydroxylation is 1. The molecule has 0 fully saturated rings. The fourth-order valence-corrected chi connectivity index (χ4v) is 1.39. The van der Waals surface area contributed by atoms with Crippen LogP contribution >= 0.6 is 11.3 Å². The average Bonchev–Trinajstić information content (AvgIpc) is 2.47. The van der Waals surface area contributed by atoms with Crippen molar-refractivity contribution in [3.05, 3.63) is 22.2 Å². The number of carbonyl (C=O) groups excluding carboxylic acids is 1. The molecule has 70 valence electrons. The molecule has 0 amide bonds. The van der Waals surface area contributed by atoms with E-state index in [1.165, 1.54) is 0 Å². The maximum absolute atomic E-state index is 11.2. The van der Waals surface area contributed by atoms with Gasteiger partial charge in [0.05, 0.1) is 11.2 Å². The van der Waals surface area contributed by atoms with Gasteiger partial charge >= 0.3 is 0 Å². The predicted octanol–water partition coefficient (Wildman–Crippen LogP) is 2.69. The van der Waals surface area contributed by atoms with Crippen LogP contribution in [-0.2, 0) is 4.79 Å². The third kappa shape index (κ3) is 2.77. The smallest absolute Gasteiger partial charge is 0.158 e. The summed E-state index contributed by atoms with van der Waals surface area (Å²) in [6, 6.07) is 0. The Morgan fingerprint density at radius 1 is 1.62 bits per heavy atom. The first-order valence-electron chi connectivity index (χ1n) is 4.23. The number of thiazole rings is 1. The van der Waals surface area contributed by atoms with Crippen molar-refractivity contribution in [2.75, 3.05) is 0 Å². The van der Waals surface area contributed by atoms with E-state index < -0.39 is 0 Å². The zero-order valence-electron chi connectivity index (χ0n) is 8.07. The Balaban J connectivity index is 2.69. The number of carbonyl (C=O) groups is 1. The van der Waals surface area contributed by atoms with Crippen LogP contribution in [0.5, 0.6) is 0 Å². The van der Waals surface area contributed by atoms with Crippen LogP contribution in [-0.4, -0.2) is 10.8 Å². The van der Waals surface area contributed by atoms with Crippen molar-refractivity contribution in [1.29, 1.82) is 0 Å². The molecule has 0 aliphatic carbocycles. The molecule has 0 bridgehead atoms. The van der Waals surface area contributed by atoms with E-state index in [0.717, 1.165) is 10.6 Å². The van der Waals surface area contributed by atoms with Gasteiger partial charge in [-0.2, -0.15) is 0 Å². The van der Waals surface area contributed by atoms with Crippen molar-refractivity contribution in [1.82, 2.24) is 4.98 Å². The summed E-state index contributed by atoms with van der Waals surface area (Å²) in [4.78, 5) is 16.5. The van der Waals surface area contributed by atoms with Gasteiger partial charge in [-0.05, 0) is 19.1 Å². The SMILES string of the molecule is Cc1scnc1/C=C/C(=O)C(C)C. The molecule has 1 heterocycles. The molecular formula is C10H13NOS. The second-order valence-electron chi connectivity index (χ2n) is 3.18. The van der Waals surface area contributed by atoms with Crippen LogP contribution < -0.4 is 0 Å².